The first-order chi connectivity index (χ1) is 8.66. The normalized spacial score (nSPS) is 22.4. The zero-order chi connectivity index (χ0) is 13.0. The van der Waals surface area contributed by atoms with Crippen LogP contribution in [0, 0.1) is 5.92 Å². The van der Waals surface area contributed by atoms with Crippen molar-refractivity contribution >= 4 is 28.9 Å². The van der Waals surface area contributed by atoms with Crippen molar-refractivity contribution in [3.63, 3.8) is 0 Å². The summed E-state index contributed by atoms with van der Waals surface area (Å²) in [4.78, 5) is 11.3. The summed E-state index contributed by atoms with van der Waals surface area (Å²) in [7, 11) is 0. The van der Waals surface area contributed by atoms with Gasteiger partial charge in [0.1, 0.15) is 0 Å². The smallest absolute Gasteiger partial charge is 0.222 e. The van der Waals surface area contributed by atoms with E-state index in [-0.39, 0.29) is 17.9 Å². The Morgan fingerprint density at radius 1 is 1.28 bits per heavy atom. The summed E-state index contributed by atoms with van der Waals surface area (Å²) in [5.74, 6) is -0.354. The number of anilines is 1. The number of hydrogen-bond donors (Lipinski definition) is 3. The zero-order valence-corrected chi connectivity index (χ0v) is 10.9. The van der Waals surface area contributed by atoms with Crippen LogP contribution >= 0.6 is 12.2 Å². The van der Waals surface area contributed by atoms with E-state index in [1.165, 1.54) is 0 Å². The SMILES string of the molecule is NC(=O)[C@@H]1CCC[C@H]1NC(=S)Nc1ccccc1. The molecule has 4 nitrogen and oxygen atoms in total. The molecule has 2 atom stereocenters. The second-order valence-corrected chi connectivity index (χ2v) is 4.92. The van der Waals surface area contributed by atoms with Crippen molar-refractivity contribution in [2.75, 3.05) is 5.32 Å². The Morgan fingerprint density at radius 2 is 2.00 bits per heavy atom. The Hall–Kier alpha value is -1.62. The van der Waals surface area contributed by atoms with Crippen LogP contribution in [0.2, 0.25) is 0 Å². The molecule has 1 aromatic rings. The lowest BCUT2D eigenvalue weighted by Gasteiger charge is -2.20. The molecule has 0 aliphatic heterocycles. The van der Waals surface area contributed by atoms with Crippen LogP contribution in [0.25, 0.3) is 0 Å². The molecule has 0 spiro atoms. The fraction of sp³-hybridized carbons (Fsp3) is 0.385. The molecule has 1 aliphatic carbocycles. The third-order valence-electron chi connectivity index (χ3n) is 3.23. The average Bonchev–Trinajstić information content (AvgIpc) is 2.78. The van der Waals surface area contributed by atoms with Crippen LogP contribution in [0.4, 0.5) is 5.69 Å². The number of benzene rings is 1. The van der Waals surface area contributed by atoms with Crippen molar-refractivity contribution in [3.05, 3.63) is 30.3 Å². The molecule has 1 fully saturated rings. The molecular formula is C13H17N3OS. The van der Waals surface area contributed by atoms with Gasteiger partial charge in [0, 0.05) is 11.7 Å². The minimum atomic E-state index is -0.243. The zero-order valence-electron chi connectivity index (χ0n) is 10.1. The van der Waals surface area contributed by atoms with E-state index in [0.29, 0.717) is 5.11 Å². The van der Waals surface area contributed by atoms with Gasteiger partial charge in [-0.25, -0.2) is 0 Å². The molecule has 18 heavy (non-hydrogen) atoms. The summed E-state index contributed by atoms with van der Waals surface area (Å²) in [5, 5.41) is 6.82. The Balaban J connectivity index is 1.90. The fourth-order valence-corrected chi connectivity index (χ4v) is 2.60. The van der Waals surface area contributed by atoms with Gasteiger partial charge < -0.3 is 16.4 Å². The minimum absolute atomic E-state index is 0.0613. The van der Waals surface area contributed by atoms with Gasteiger partial charge in [-0.05, 0) is 37.2 Å². The van der Waals surface area contributed by atoms with Crippen LogP contribution in [0.5, 0.6) is 0 Å². The summed E-state index contributed by atoms with van der Waals surface area (Å²) in [6, 6.07) is 9.76. The highest BCUT2D eigenvalue weighted by Crippen LogP contribution is 2.25. The number of amides is 1. The molecule has 0 unspecified atom stereocenters. The second kappa shape index (κ2) is 5.82. The predicted molar refractivity (Wildman–Crippen MR) is 76.1 cm³/mol. The quantitative estimate of drug-likeness (QED) is 0.725. The highest BCUT2D eigenvalue weighted by atomic mass is 32.1. The lowest BCUT2D eigenvalue weighted by Crippen LogP contribution is -2.43. The Labute approximate surface area is 112 Å². The van der Waals surface area contributed by atoms with Crippen molar-refractivity contribution in [2.45, 2.75) is 25.3 Å². The van der Waals surface area contributed by atoms with E-state index in [1.807, 2.05) is 30.3 Å². The van der Waals surface area contributed by atoms with E-state index in [1.54, 1.807) is 0 Å². The first kappa shape index (κ1) is 12.8. The number of primary amides is 1. The number of thiocarbonyl (C=S) groups is 1. The average molecular weight is 263 g/mol. The van der Waals surface area contributed by atoms with E-state index in [4.69, 9.17) is 18.0 Å². The second-order valence-electron chi connectivity index (χ2n) is 4.51. The van der Waals surface area contributed by atoms with Crippen molar-refractivity contribution < 1.29 is 4.79 Å². The fourth-order valence-electron chi connectivity index (χ4n) is 2.33. The number of carbonyl (C=O) groups is 1. The summed E-state index contributed by atoms with van der Waals surface area (Å²) in [6.45, 7) is 0. The van der Waals surface area contributed by atoms with Crippen molar-refractivity contribution in [3.8, 4) is 0 Å². The highest BCUT2D eigenvalue weighted by Gasteiger charge is 2.31. The van der Waals surface area contributed by atoms with Gasteiger partial charge >= 0.3 is 0 Å². The van der Waals surface area contributed by atoms with Crippen molar-refractivity contribution in [1.82, 2.24) is 5.32 Å². The van der Waals surface area contributed by atoms with E-state index in [2.05, 4.69) is 10.6 Å². The molecule has 0 saturated heterocycles. The summed E-state index contributed by atoms with van der Waals surface area (Å²) >= 11 is 5.24. The first-order valence-corrected chi connectivity index (χ1v) is 6.49. The minimum Gasteiger partial charge on any atom is -0.369 e. The molecule has 1 amide bonds. The van der Waals surface area contributed by atoms with Crippen LogP contribution in [-0.4, -0.2) is 17.1 Å². The van der Waals surface area contributed by atoms with E-state index in [9.17, 15) is 4.79 Å². The van der Waals surface area contributed by atoms with Crippen LogP contribution in [0.15, 0.2) is 30.3 Å². The van der Waals surface area contributed by atoms with Gasteiger partial charge in [0.05, 0.1) is 5.92 Å². The topological polar surface area (TPSA) is 67.2 Å². The van der Waals surface area contributed by atoms with Gasteiger partial charge in [0.25, 0.3) is 0 Å². The molecule has 0 radical (unpaired) electrons. The Kier molecular flexibility index (Phi) is 4.15. The molecule has 1 aliphatic rings. The van der Waals surface area contributed by atoms with Gasteiger partial charge in [-0.2, -0.15) is 0 Å². The maximum Gasteiger partial charge on any atom is 0.222 e. The molecular weight excluding hydrogens is 246 g/mol. The molecule has 96 valence electrons. The molecule has 1 saturated carbocycles. The maximum atomic E-state index is 11.3. The van der Waals surface area contributed by atoms with Crippen LogP contribution in [0.3, 0.4) is 0 Å². The van der Waals surface area contributed by atoms with E-state index < -0.39 is 0 Å². The molecule has 5 heteroatoms. The number of carbonyl (C=O) groups excluding carboxylic acids is 1. The molecule has 1 aromatic carbocycles. The van der Waals surface area contributed by atoms with Crippen LogP contribution in [-0.2, 0) is 4.79 Å². The molecule has 0 bridgehead atoms. The molecule has 2 rings (SSSR count). The van der Waals surface area contributed by atoms with Gasteiger partial charge in [0.2, 0.25) is 5.91 Å². The largest absolute Gasteiger partial charge is 0.369 e. The maximum absolute atomic E-state index is 11.3. The number of para-hydroxylation sites is 1. The number of hydrogen-bond acceptors (Lipinski definition) is 2. The lowest BCUT2D eigenvalue weighted by molar-refractivity contribution is -0.122. The van der Waals surface area contributed by atoms with E-state index >= 15 is 0 Å². The highest BCUT2D eigenvalue weighted by molar-refractivity contribution is 7.80. The third-order valence-corrected chi connectivity index (χ3v) is 3.45. The Bertz CT molecular complexity index is 435. The van der Waals surface area contributed by atoms with Crippen LogP contribution < -0.4 is 16.4 Å². The number of rotatable bonds is 3. The lowest BCUT2D eigenvalue weighted by atomic mass is 10.0. The van der Waals surface area contributed by atoms with Crippen molar-refractivity contribution in [1.29, 1.82) is 0 Å². The standard InChI is InChI=1S/C13H17N3OS/c14-12(17)10-7-4-8-11(10)16-13(18)15-9-5-2-1-3-6-9/h1-3,5-6,10-11H,4,7-8H2,(H2,14,17)(H2,15,16,18)/t10-,11-/m1/s1. The monoisotopic (exact) mass is 263 g/mol. The van der Waals surface area contributed by atoms with Gasteiger partial charge in [-0.15, -0.1) is 0 Å². The van der Waals surface area contributed by atoms with Gasteiger partial charge in [0.15, 0.2) is 5.11 Å². The van der Waals surface area contributed by atoms with Gasteiger partial charge in [-0.1, -0.05) is 24.6 Å². The molecule has 4 N–H and O–H groups in total. The van der Waals surface area contributed by atoms with E-state index in [0.717, 1.165) is 24.9 Å². The third kappa shape index (κ3) is 3.20. The summed E-state index contributed by atoms with van der Waals surface area (Å²) in [5.41, 5.74) is 6.31. The summed E-state index contributed by atoms with van der Waals surface area (Å²) < 4.78 is 0. The molecule has 0 aromatic heterocycles. The number of nitrogens with two attached hydrogens (primary N) is 1. The van der Waals surface area contributed by atoms with Gasteiger partial charge in [-0.3, -0.25) is 4.79 Å². The van der Waals surface area contributed by atoms with Crippen LogP contribution in [0.1, 0.15) is 19.3 Å². The molecule has 0 heterocycles. The number of nitrogens with one attached hydrogen (secondary N) is 2. The first-order valence-electron chi connectivity index (χ1n) is 6.08. The predicted octanol–water partition coefficient (Wildman–Crippen LogP) is 1.63. The summed E-state index contributed by atoms with van der Waals surface area (Å²) in [6.07, 6.45) is 2.80. The van der Waals surface area contributed by atoms with Crippen molar-refractivity contribution in [2.24, 2.45) is 11.7 Å². The Morgan fingerprint density at radius 3 is 2.67 bits per heavy atom.